The quantitative estimate of drug-likeness (QED) is 0.259. The number of nitrogens with zero attached hydrogens (tertiary/aromatic N) is 1. The predicted molar refractivity (Wildman–Crippen MR) is 98.7 cm³/mol. The number of hydrogen-bond acceptors (Lipinski definition) is 3. The van der Waals surface area contributed by atoms with Gasteiger partial charge in [0.2, 0.25) is 0 Å². The Balaban J connectivity index is 1.88. The van der Waals surface area contributed by atoms with Gasteiger partial charge in [0.25, 0.3) is 0 Å². The first-order valence-corrected chi connectivity index (χ1v) is 8.59. The summed E-state index contributed by atoms with van der Waals surface area (Å²) in [5, 5.41) is 8.75. The molecule has 0 radical (unpaired) electrons. The van der Waals surface area contributed by atoms with Crippen molar-refractivity contribution < 1.29 is 35.6 Å². The first kappa shape index (κ1) is 21.9. The molecule has 2 aromatic carbocycles. The van der Waals surface area contributed by atoms with E-state index in [2.05, 4.69) is 0 Å². The maximum Gasteiger partial charge on any atom is 0.416 e. The lowest BCUT2D eigenvalue weighted by atomic mass is 10.0. The minimum Gasteiger partial charge on any atom is -0.457 e. The van der Waals surface area contributed by atoms with Gasteiger partial charge in [-0.05, 0) is 66.7 Å². The number of carbonyl (C=O) groups excluding carboxylic acids is 1. The number of alkyl halides is 6. The van der Waals surface area contributed by atoms with E-state index in [4.69, 9.17) is 9.68 Å². The van der Waals surface area contributed by atoms with Crippen molar-refractivity contribution in [2.24, 2.45) is 0 Å². The molecular formula is C22H11F6NO2. The molecule has 0 saturated heterocycles. The zero-order valence-corrected chi connectivity index (χ0v) is 15.4. The summed E-state index contributed by atoms with van der Waals surface area (Å²) in [5.74, 6) is -0.592. The van der Waals surface area contributed by atoms with Crippen LogP contribution in [0, 0.1) is 11.3 Å². The lowest BCUT2D eigenvalue weighted by Crippen LogP contribution is -2.11. The van der Waals surface area contributed by atoms with Gasteiger partial charge >= 0.3 is 12.4 Å². The number of hydrogen-bond donors (Lipinski definition) is 0. The first-order valence-electron chi connectivity index (χ1n) is 8.59. The van der Waals surface area contributed by atoms with Crippen molar-refractivity contribution in [1.82, 2.24) is 0 Å². The van der Waals surface area contributed by atoms with Gasteiger partial charge in [0.05, 0.1) is 22.8 Å². The largest absolute Gasteiger partial charge is 0.457 e. The molecule has 31 heavy (non-hydrogen) atoms. The molecule has 0 aliphatic carbocycles. The van der Waals surface area contributed by atoms with Crippen LogP contribution in [0.15, 0.2) is 65.1 Å². The van der Waals surface area contributed by atoms with Gasteiger partial charge in [-0.3, -0.25) is 4.79 Å². The second kappa shape index (κ2) is 8.14. The summed E-state index contributed by atoms with van der Waals surface area (Å²) < 4.78 is 83.4. The molecule has 0 spiro atoms. The summed E-state index contributed by atoms with van der Waals surface area (Å²) in [4.78, 5) is 12.1. The normalized spacial score (nSPS) is 12.2. The molecule has 3 nitrogen and oxygen atoms in total. The average Bonchev–Trinajstić information content (AvgIpc) is 3.19. The number of ketones is 1. The summed E-state index contributed by atoms with van der Waals surface area (Å²) >= 11 is 0. The second-order valence-electron chi connectivity index (χ2n) is 6.38. The maximum atomic E-state index is 13.0. The molecule has 0 atom stereocenters. The van der Waals surface area contributed by atoms with E-state index in [1.165, 1.54) is 42.5 Å². The van der Waals surface area contributed by atoms with Gasteiger partial charge in [-0.25, -0.2) is 0 Å². The molecule has 0 aliphatic heterocycles. The van der Waals surface area contributed by atoms with Crippen LogP contribution in [0.1, 0.15) is 32.8 Å². The van der Waals surface area contributed by atoms with E-state index in [-0.39, 0.29) is 23.2 Å². The molecule has 0 unspecified atom stereocenters. The van der Waals surface area contributed by atoms with Crippen LogP contribution in [0.4, 0.5) is 26.3 Å². The molecule has 0 saturated carbocycles. The average molecular weight is 435 g/mol. The molecule has 0 fully saturated rings. The Bertz CT molecular complexity index is 1150. The molecule has 9 heteroatoms. The summed E-state index contributed by atoms with van der Waals surface area (Å²) in [6, 6.07) is 11.4. The van der Waals surface area contributed by atoms with Crippen molar-refractivity contribution in [3.63, 3.8) is 0 Å². The fourth-order valence-electron chi connectivity index (χ4n) is 2.66. The van der Waals surface area contributed by atoms with Crippen LogP contribution in [0.25, 0.3) is 17.4 Å². The minimum absolute atomic E-state index is 0.0313. The van der Waals surface area contributed by atoms with Gasteiger partial charge in [0, 0.05) is 11.1 Å². The first-order chi connectivity index (χ1) is 14.5. The topological polar surface area (TPSA) is 54.0 Å². The maximum absolute atomic E-state index is 13.0. The zero-order valence-electron chi connectivity index (χ0n) is 15.4. The Morgan fingerprint density at radius 1 is 0.871 bits per heavy atom. The Morgan fingerprint density at radius 2 is 1.45 bits per heavy atom. The summed E-state index contributed by atoms with van der Waals surface area (Å²) in [6.07, 6.45) is -7.57. The molecule has 3 rings (SSSR count). The summed E-state index contributed by atoms with van der Waals surface area (Å²) in [7, 11) is 0. The molecule has 0 bridgehead atoms. The highest BCUT2D eigenvalue weighted by molar-refractivity contribution is 6.06. The van der Waals surface area contributed by atoms with E-state index in [0.29, 0.717) is 17.7 Å². The number of benzene rings is 2. The van der Waals surface area contributed by atoms with E-state index in [0.717, 1.165) is 6.08 Å². The highest BCUT2D eigenvalue weighted by atomic mass is 19.4. The number of rotatable bonds is 4. The van der Waals surface area contributed by atoms with E-state index in [1.807, 2.05) is 6.07 Å². The van der Waals surface area contributed by atoms with Gasteiger partial charge in [-0.1, -0.05) is 0 Å². The van der Waals surface area contributed by atoms with Crippen molar-refractivity contribution >= 4 is 11.9 Å². The summed E-state index contributed by atoms with van der Waals surface area (Å²) in [5.41, 5.74) is -2.66. The van der Waals surface area contributed by atoms with Crippen LogP contribution in [-0.2, 0) is 12.4 Å². The third-order valence-electron chi connectivity index (χ3n) is 4.20. The van der Waals surface area contributed by atoms with Gasteiger partial charge < -0.3 is 4.42 Å². The second-order valence-corrected chi connectivity index (χ2v) is 6.38. The van der Waals surface area contributed by atoms with Crippen LogP contribution in [-0.4, -0.2) is 5.78 Å². The van der Waals surface area contributed by atoms with Crippen molar-refractivity contribution in [1.29, 1.82) is 5.26 Å². The van der Waals surface area contributed by atoms with Gasteiger partial charge in [-0.2, -0.15) is 31.6 Å². The molecule has 1 aromatic heterocycles. The van der Waals surface area contributed by atoms with E-state index < -0.39 is 34.8 Å². The SMILES string of the molecule is N#Cc1ccc(C(=O)C=Cc2ccc(-c3cc(C(F)(F)F)cc(C(F)(F)F)c3)o2)cc1. The predicted octanol–water partition coefficient (Wildman–Crippen LogP) is 6.75. The number of allylic oxidation sites excluding steroid dienone is 1. The number of halogens is 6. The standard InChI is InChI=1S/C22H11F6NO2/c23-21(24,25)16-9-15(10-17(11-16)22(26,27)28)20-8-6-18(31-20)5-7-19(30)14-3-1-13(12-29)2-4-14/h1-11H. The Labute approximate surface area is 171 Å². The van der Waals surface area contributed by atoms with Crippen LogP contribution in [0.3, 0.4) is 0 Å². The Kier molecular flexibility index (Phi) is 5.75. The third kappa shape index (κ3) is 5.22. The number of carbonyl (C=O) groups is 1. The molecular weight excluding hydrogens is 424 g/mol. The zero-order chi connectivity index (χ0) is 22.8. The van der Waals surface area contributed by atoms with Crippen LogP contribution in [0.5, 0.6) is 0 Å². The monoisotopic (exact) mass is 435 g/mol. The molecule has 158 valence electrons. The van der Waals surface area contributed by atoms with E-state index in [1.54, 1.807) is 0 Å². The lowest BCUT2D eigenvalue weighted by molar-refractivity contribution is -0.143. The van der Waals surface area contributed by atoms with Crippen molar-refractivity contribution in [2.75, 3.05) is 0 Å². The van der Waals surface area contributed by atoms with Gasteiger partial charge in [0.15, 0.2) is 5.78 Å². The van der Waals surface area contributed by atoms with E-state index in [9.17, 15) is 31.1 Å². The fourth-order valence-corrected chi connectivity index (χ4v) is 2.66. The summed E-state index contributed by atoms with van der Waals surface area (Å²) in [6.45, 7) is 0. The molecule has 3 aromatic rings. The number of nitriles is 1. The molecule has 0 N–H and O–H groups in total. The van der Waals surface area contributed by atoms with Crippen LogP contribution < -0.4 is 0 Å². The Morgan fingerprint density at radius 3 is 1.97 bits per heavy atom. The van der Waals surface area contributed by atoms with Crippen molar-refractivity contribution in [2.45, 2.75) is 12.4 Å². The van der Waals surface area contributed by atoms with Crippen LogP contribution >= 0.6 is 0 Å². The minimum atomic E-state index is -4.97. The third-order valence-corrected chi connectivity index (χ3v) is 4.20. The van der Waals surface area contributed by atoms with Crippen molar-refractivity contribution in [3.8, 4) is 17.4 Å². The molecule has 0 aliphatic rings. The van der Waals surface area contributed by atoms with Gasteiger partial charge in [0.1, 0.15) is 11.5 Å². The molecule has 0 amide bonds. The highest BCUT2D eigenvalue weighted by Gasteiger charge is 2.37. The molecule has 1 heterocycles. The fraction of sp³-hybridized carbons (Fsp3) is 0.0909. The van der Waals surface area contributed by atoms with E-state index >= 15 is 0 Å². The number of furan rings is 1. The lowest BCUT2D eigenvalue weighted by Gasteiger charge is -2.13. The smallest absolute Gasteiger partial charge is 0.416 e. The van der Waals surface area contributed by atoms with Gasteiger partial charge in [-0.15, -0.1) is 0 Å². The Hall–Kier alpha value is -3.80. The van der Waals surface area contributed by atoms with Crippen molar-refractivity contribution in [3.05, 3.63) is 88.7 Å². The van der Waals surface area contributed by atoms with Crippen LogP contribution in [0.2, 0.25) is 0 Å². The highest BCUT2D eigenvalue weighted by Crippen LogP contribution is 2.39.